The summed E-state index contributed by atoms with van der Waals surface area (Å²) in [6, 6.07) is 0. The van der Waals surface area contributed by atoms with Crippen molar-refractivity contribution >= 4 is 0 Å². The lowest BCUT2D eigenvalue weighted by molar-refractivity contribution is -0.216. The second-order valence-corrected chi connectivity index (χ2v) is 6.73. The molecular formula is C19H34O4. The van der Waals surface area contributed by atoms with Crippen LogP contribution in [-0.4, -0.2) is 39.0 Å². The fraction of sp³-hybridized carbons (Fsp3) is 0.895. The summed E-state index contributed by atoms with van der Waals surface area (Å²) < 4.78 is 23.3. The average Bonchev–Trinajstić information content (AvgIpc) is 2.60. The minimum Gasteiger partial charge on any atom is -0.352 e. The highest BCUT2D eigenvalue weighted by Crippen LogP contribution is 2.23. The van der Waals surface area contributed by atoms with Gasteiger partial charge in [0.05, 0.1) is 26.4 Å². The molecule has 2 fully saturated rings. The van der Waals surface area contributed by atoms with Crippen LogP contribution in [0.2, 0.25) is 0 Å². The van der Waals surface area contributed by atoms with Gasteiger partial charge in [0.2, 0.25) is 0 Å². The Kier molecular flexibility index (Phi) is 9.20. The van der Waals surface area contributed by atoms with Gasteiger partial charge < -0.3 is 18.9 Å². The van der Waals surface area contributed by atoms with Gasteiger partial charge in [0.25, 0.3) is 0 Å². The fourth-order valence-corrected chi connectivity index (χ4v) is 3.01. The predicted octanol–water partition coefficient (Wildman–Crippen LogP) is 4.29. The average molecular weight is 326 g/mol. The minimum atomic E-state index is -0.0523. The normalized spacial score (nSPS) is 32.4. The third kappa shape index (κ3) is 7.34. The third-order valence-corrected chi connectivity index (χ3v) is 4.53. The van der Waals surface area contributed by atoms with Gasteiger partial charge >= 0.3 is 0 Å². The van der Waals surface area contributed by atoms with Crippen LogP contribution in [0.15, 0.2) is 12.2 Å². The van der Waals surface area contributed by atoms with E-state index in [1.807, 2.05) is 0 Å². The lowest BCUT2D eigenvalue weighted by atomic mass is 10.0. The van der Waals surface area contributed by atoms with E-state index in [1.165, 1.54) is 19.3 Å². The molecule has 23 heavy (non-hydrogen) atoms. The van der Waals surface area contributed by atoms with E-state index < -0.39 is 0 Å². The SMILES string of the molecule is CCC=CC1COC(CCC2COC(CCCCC)OC2)OC1. The highest BCUT2D eigenvalue weighted by molar-refractivity contribution is 4.88. The maximum Gasteiger partial charge on any atom is 0.157 e. The molecule has 4 heteroatoms. The van der Waals surface area contributed by atoms with Gasteiger partial charge in [-0.15, -0.1) is 0 Å². The maximum absolute atomic E-state index is 5.83. The van der Waals surface area contributed by atoms with Crippen LogP contribution < -0.4 is 0 Å². The van der Waals surface area contributed by atoms with Crippen molar-refractivity contribution in [3.8, 4) is 0 Å². The molecule has 0 aromatic carbocycles. The number of hydrogen-bond acceptors (Lipinski definition) is 4. The molecule has 0 aliphatic carbocycles. The topological polar surface area (TPSA) is 36.9 Å². The molecule has 0 unspecified atom stereocenters. The van der Waals surface area contributed by atoms with E-state index in [9.17, 15) is 0 Å². The van der Waals surface area contributed by atoms with Crippen LogP contribution in [0.3, 0.4) is 0 Å². The highest BCUT2D eigenvalue weighted by atomic mass is 16.7. The molecule has 0 spiro atoms. The van der Waals surface area contributed by atoms with Crippen molar-refractivity contribution in [2.45, 2.75) is 71.4 Å². The third-order valence-electron chi connectivity index (χ3n) is 4.53. The molecule has 0 saturated carbocycles. The van der Waals surface area contributed by atoms with E-state index in [4.69, 9.17) is 18.9 Å². The first kappa shape index (κ1) is 18.9. The number of unbranched alkanes of at least 4 members (excludes halogenated alkanes) is 2. The molecule has 134 valence electrons. The Morgan fingerprint density at radius 3 is 2.09 bits per heavy atom. The molecule has 2 saturated heterocycles. The van der Waals surface area contributed by atoms with E-state index in [0.29, 0.717) is 11.8 Å². The molecular weight excluding hydrogens is 292 g/mol. The number of allylic oxidation sites excluding steroid dienone is 1. The summed E-state index contributed by atoms with van der Waals surface area (Å²) >= 11 is 0. The molecule has 2 aliphatic rings. The summed E-state index contributed by atoms with van der Waals surface area (Å²) in [6.45, 7) is 7.54. The molecule has 4 nitrogen and oxygen atoms in total. The Balaban J connectivity index is 1.53. The highest BCUT2D eigenvalue weighted by Gasteiger charge is 2.25. The van der Waals surface area contributed by atoms with Gasteiger partial charge in [-0.3, -0.25) is 0 Å². The van der Waals surface area contributed by atoms with Crippen LogP contribution in [0.1, 0.15) is 58.8 Å². The Morgan fingerprint density at radius 2 is 1.43 bits per heavy atom. The number of ether oxygens (including phenoxy) is 4. The van der Waals surface area contributed by atoms with Crippen LogP contribution in [0.4, 0.5) is 0 Å². The van der Waals surface area contributed by atoms with Crippen molar-refractivity contribution in [1.29, 1.82) is 0 Å². The molecule has 0 radical (unpaired) electrons. The molecule has 0 amide bonds. The van der Waals surface area contributed by atoms with Crippen molar-refractivity contribution in [1.82, 2.24) is 0 Å². The second-order valence-electron chi connectivity index (χ2n) is 6.73. The molecule has 0 bridgehead atoms. The second kappa shape index (κ2) is 11.2. The lowest BCUT2D eigenvalue weighted by Crippen LogP contribution is -2.34. The minimum absolute atomic E-state index is 0.0195. The first-order valence-electron chi connectivity index (χ1n) is 9.44. The Morgan fingerprint density at radius 1 is 0.783 bits per heavy atom. The number of rotatable bonds is 9. The van der Waals surface area contributed by atoms with Crippen LogP contribution in [0.5, 0.6) is 0 Å². The largest absolute Gasteiger partial charge is 0.352 e. The van der Waals surface area contributed by atoms with Gasteiger partial charge in [-0.05, 0) is 32.1 Å². The summed E-state index contributed by atoms with van der Waals surface area (Å²) in [5, 5.41) is 0. The van der Waals surface area contributed by atoms with Crippen LogP contribution in [0, 0.1) is 11.8 Å². The van der Waals surface area contributed by atoms with Gasteiger partial charge in [0, 0.05) is 11.8 Å². The zero-order chi connectivity index (χ0) is 16.3. The molecule has 2 aliphatic heterocycles. The first-order chi connectivity index (χ1) is 11.3. The van der Waals surface area contributed by atoms with Gasteiger partial charge in [-0.1, -0.05) is 38.8 Å². The lowest BCUT2D eigenvalue weighted by Gasteiger charge is -2.32. The molecule has 0 atom stereocenters. The Bertz CT molecular complexity index is 315. The van der Waals surface area contributed by atoms with Gasteiger partial charge in [-0.25, -0.2) is 0 Å². The van der Waals surface area contributed by atoms with Crippen molar-refractivity contribution < 1.29 is 18.9 Å². The van der Waals surface area contributed by atoms with Crippen molar-refractivity contribution in [2.75, 3.05) is 26.4 Å². The van der Waals surface area contributed by atoms with Crippen LogP contribution in [-0.2, 0) is 18.9 Å². The van der Waals surface area contributed by atoms with Gasteiger partial charge in [0.1, 0.15) is 0 Å². The predicted molar refractivity (Wildman–Crippen MR) is 91.2 cm³/mol. The zero-order valence-corrected chi connectivity index (χ0v) is 14.9. The fourth-order valence-electron chi connectivity index (χ4n) is 3.01. The van der Waals surface area contributed by atoms with Gasteiger partial charge in [0.15, 0.2) is 12.6 Å². The maximum atomic E-state index is 5.83. The Hall–Kier alpha value is -0.420. The summed E-state index contributed by atoms with van der Waals surface area (Å²) in [5.74, 6) is 0.888. The molecule has 0 N–H and O–H groups in total. The molecule has 2 heterocycles. The van der Waals surface area contributed by atoms with Crippen LogP contribution >= 0.6 is 0 Å². The molecule has 0 aromatic heterocycles. The van der Waals surface area contributed by atoms with E-state index in [1.54, 1.807) is 0 Å². The van der Waals surface area contributed by atoms with E-state index in [-0.39, 0.29) is 12.6 Å². The quantitative estimate of drug-likeness (QED) is 0.468. The smallest absolute Gasteiger partial charge is 0.157 e. The molecule has 0 aromatic rings. The summed E-state index contributed by atoms with van der Waals surface area (Å²) in [6.07, 6.45) is 12.1. The van der Waals surface area contributed by atoms with Crippen molar-refractivity contribution in [2.24, 2.45) is 11.8 Å². The summed E-state index contributed by atoms with van der Waals surface area (Å²) in [7, 11) is 0. The Labute approximate surface area is 141 Å². The number of hydrogen-bond donors (Lipinski definition) is 0. The first-order valence-corrected chi connectivity index (χ1v) is 9.44. The van der Waals surface area contributed by atoms with E-state index >= 15 is 0 Å². The molecule has 2 rings (SSSR count). The monoisotopic (exact) mass is 326 g/mol. The van der Waals surface area contributed by atoms with E-state index in [2.05, 4.69) is 26.0 Å². The van der Waals surface area contributed by atoms with Crippen molar-refractivity contribution in [3.05, 3.63) is 12.2 Å². The van der Waals surface area contributed by atoms with Crippen molar-refractivity contribution in [3.63, 3.8) is 0 Å². The summed E-state index contributed by atoms with van der Waals surface area (Å²) in [4.78, 5) is 0. The van der Waals surface area contributed by atoms with E-state index in [0.717, 1.165) is 52.1 Å². The van der Waals surface area contributed by atoms with Crippen LogP contribution in [0.25, 0.3) is 0 Å². The zero-order valence-electron chi connectivity index (χ0n) is 14.9. The van der Waals surface area contributed by atoms with Gasteiger partial charge in [-0.2, -0.15) is 0 Å². The summed E-state index contributed by atoms with van der Waals surface area (Å²) in [5.41, 5.74) is 0. The standard InChI is InChI=1S/C19H34O4/c1-3-5-7-9-18-20-14-17(15-21-18)10-11-19-22-12-16(13-23-19)8-6-4-2/h6,8,16-19H,3-5,7,9-15H2,1-2H3.